The molecule has 2 rings (SSSR count). The molecule has 0 fully saturated rings. The van der Waals surface area contributed by atoms with Crippen molar-refractivity contribution in [3.05, 3.63) is 33.8 Å². The van der Waals surface area contributed by atoms with Gasteiger partial charge >= 0.3 is 6.09 Å². The van der Waals surface area contributed by atoms with Crippen molar-refractivity contribution in [1.82, 2.24) is 4.90 Å². The molecule has 0 bridgehead atoms. The average molecular weight is 298 g/mol. The van der Waals surface area contributed by atoms with Crippen molar-refractivity contribution in [1.29, 1.82) is 0 Å². The van der Waals surface area contributed by atoms with E-state index in [0.29, 0.717) is 6.54 Å². The minimum absolute atomic E-state index is 0.108. The normalized spacial score (nSPS) is 17.9. The second-order valence-electron chi connectivity index (χ2n) is 4.45. The molecule has 0 aliphatic heterocycles. The number of fused-ring (bicyclic) bond motifs is 1. The summed E-state index contributed by atoms with van der Waals surface area (Å²) in [4.78, 5) is 12.8. The highest BCUT2D eigenvalue weighted by Gasteiger charge is 2.29. The fourth-order valence-electron chi connectivity index (χ4n) is 2.46. The Morgan fingerprint density at radius 1 is 1.47 bits per heavy atom. The number of carbonyl (C=O) groups is 1. The number of halogens is 1. The number of benzene rings is 1. The SMILES string of the molecule is CCCN(C(=O)O)[C@@H]1Cc2ccc(Br)cc2C1. The van der Waals surface area contributed by atoms with Gasteiger partial charge < -0.3 is 10.0 Å². The van der Waals surface area contributed by atoms with Crippen molar-refractivity contribution in [3.8, 4) is 0 Å². The van der Waals surface area contributed by atoms with Gasteiger partial charge in [-0.25, -0.2) is 4.79 Å². The lowest BCUT2D eigenvalue weighted by Crippen LogP contribution is -2.40. The van der Waals surface area contributed by atoms with Gasteiger partial charge in [0.15, 0.2) is 0 Å². The number of carboxylic acid groups (broad SMARTS) is 1. The summed E-state index contributed by atoms with van der Waals surface area (Å²) in [5.41, 5.74) is 2.55. The van der Waals surface area contributed by atoms with E-state index in [1.165, 1.54) is 11.1 Å². The summed E-state index contributed by atoms with van der Waals surface area (Å²) in [6.45, 7) is 2.63. The Morgan fingerprint density at radius 3 is 2.82 bits per heavy atom. The zero-order valence-electron chi connectivity index (χ0n) is 9.82. The molecule has 1 N–H and O–H groups in total. The van der Waals surface area contributed by atoms with Crippen molar-refractivity contribution in [2.45, 2.75) is 32.2 Å². The number of rotatable bonds is 3. The molecule has 4 heteroatoms. The number of hydrogen-bond acceptors (Lipinski definition) is 1. The molecule has 0 radical (unpaired) electrons. The summed E-state index contributed by atoms with van der Waals surface area (Å²) in [6.07, 6.45) is 1.74. The van der Waals surface area contributed by atoms with Crippen LogP contribution in [0.15, 0.2) is 22.7 Å². The lowest BCUT2D eigenvalue weighted by atomic mass is 10.1. The van der Waals surface area contributed by atoms with Gasteiger partial charge in [-0.1, -0.05) is 28.9 Å². The number of amides is 1. The van der Waals surface area contributed by atoms with Crippen LogP contribution in [0.2, 0.25) is 0 Å². The third-order valence-electron chi connectivity index (χ3n) is 3.23. The maximum Gasteiger partial charge on any atom is 0.407 e. The molecule has 3 nitrogen and oxygen atoms in total. The van der Waals surface area contributed by atoms with E-state index in [4.69, 9.17) is 0 Å². The van der Waals surface area contributed by atoms with Crippen LogP contribution in [0, 0.1) is 0 Å². The van der Waals surface area contributed by atoms with Gasteiger partial charge in [-0.05, 0) is 42.5 Å². The first-order valence-electron chi connectivity index (χ1n) is 5.88. The highest BCUT2D eigenvalue weighted by Crippen LogP contribution is 2.28. The number of hydrogen-bond donors (Lipinski definition) is 1. The maximum atomic E-state index is 11.2. The molecule has 1 aliphatic carbocycles. The summed E-state index contributed by atoms with van der Waals surface area (Å²) in [5, 5.41) is 9.22. The average Bonchev–Trinajstić information content (AvgIpc) is 2.67. The lowest BCUT2D eigenvalue weighted by Gasteiger charge is -2.25. The molecule has 0 spiro atoms. The zero-order chi connectivity index (χ0) is 12.4. The van der Waals surface area contributed by atoms with Crippen LogP contribution in [-0.4, -0.2) is 28.7 Å². The summed E-state index contributed by atoms with van der Waals surface area (Å²) in [6, 6.07) is 6.32. The van der Waals surface area contributed by atoms with Crippen LogP contribution in [0.5, 0.6) is 0 Å². The van der Waals surface area contributed by atoms with Crippen molar-refractivity contribution >= 4 is 22.0 Å². The smallest absolute Gasteiger partial charge is 0.407 e. The van der Waals surface area contributed by atoms with Crippen molar-refractivity contribution in [2.75, 3.05) is 6.54 Å². The summed E-state index contributed by atoms with van der Waals surface area (Å²) >= 11 is 3.45. The van der Waals surface area contributed by atoms with Crippen LogP contribution >= 0.6 is 15.9 Å². The quantitative estimate of drug-likeness (QED) is 0.930. The molecule has 0 unspecified atom stereocenters. The van der Waals surface area contributed by atoms with Crippen LogP contribution < -0.4 is 0 Å². The third kappa shape index (κ3) is 2.63. The molecule has 0 aromatic heterocycles. The molecule has 0 heterocycles. The van der Waals surface area contributed by atoms with Gasteiger partial charge in [0.05, 0.1) is 0 Å². The summed E-state index contributed by atoms with van der Waals surface area (Å²) < 4.78 is 1.06. The topological polar surface area (TPSA) is 40.5 Å². The molecule has 1 aromatic carbocycles. The van der Waals surface area contributed by atoms with Crippen LogP contribution in [0.4, 0.5) is 4.79 Å². The minimum Gasteiger partial charge on any atom is -0.465 e. The van der Waals surface area contributed by atoms with Crippen LogP contribution in [0.3, 0.4) is 0 Å². The van der Waals surface area contributed by atoms with Crippen molar-refractivity contribution < 1.29 is 9.90 Å². The maximum absolute atomic E-state index is 11.2. The van der Waals surface area contributed by atoms with E-state index in [9.17, 15) is 9.90 Å². The molecular weight excluding hydrogens is 282 g/mol. The first kappa shape index (κ1) is 12.4. The molecule has 92 valence electrons. The van der Waals surface area contributed by atoms with Gasteiger partial charge in [0, 0.05) is 17.1 Å². The Bertz CT molecular complexity index is 433. The van der Waals surface area contributed by atoms with Gasteiger partial charge in [-0.2, -0.15) is 0 Å². The molecule has 1 aromatic rings. The van der Waals surface area contributed by atoms with E-state index in [2.05, 4.69) is 28.1 Å². The Labute approximate surface area is 110 Å². The van der Waals surface area contributed by atoms with Gasteiger partial charge in [-0.15, -0.1) is 0 Å². The van der Waals surface area contributed by atoms with Crippen LogP contribution in [-0.2, 0) is 12.8 Å². The molecule has 1 aliphatic rings. The number of nitrogens with zero attached hydrogens (tertiary/aromatic N) is 1. The van der Waals surface area contributed by atoms with Gasteiger partial charge in [0.1, 0.15) is 0 Å². The fourth-order valence-corrected chi connectivity index (χ4v) is 2.87. The Hall–Kier alpha value is -1.03. The standard InChI is InChI=1S/C13H16BrNO2/c1-2-5-15(13(16)17)12-7-9-3-4-11(14)6-10(9)8-12/h3-4,6,12H,2,5,7-8H2,1H3,(H,16,17)/t12-/m1/s1. The van der Waals surface area contributed by atoms with E-state index in [-0.39, 0.29) is 6.04 Å². The first-order chi connectivity index (χ1) is 8.11. The highest BCUT2D eigenvalue weighted by molar-refractivity contribution is 9.10. The summed E-state index contributed by atoms with van der Waals surface area (Å²) in [5.74, 6) is 0. The monoisotopic (exact) mass is 297 g/mol. The van der Waals surface area contributed by atoms with E-state index < -0.39 is 6.09 Å². The lowest BCUT2D eigenvalue weighted by molar-refractivity contribution is 0.126. The second kappa shape index (κ2) is 5.08. The predicted molar refractivity (Wildman–Crippen MR) is 70.4 cm³/mol. The third-order valence-corrected chi connectivity index (χ3v) is 3.72. The van der Waals surface area contributed by atoms with E-state index >= 15 is 0 Å². The molecule has 0 saturated heterocycles. The summed E-state index contributed by atoms with van der Waals surface area (Å²) in [7, 11) is 0. The van der Waals surface area contributed by atoms with Gasteiger partial charge in [0.2, 0.25) is 0 Å². The van der Waals surface area contributed by atoms with Gasteiger partial charge in [-0.3, -0.25) is 0 Å². The van der Waals surface area contributed by atoms with Gasteiger partial charge in [0.25, 0.3) is 0 Å². The Balaban J connectivity index is 2.15. The molecule has 17 heavy (non-hydrogen) atoms. The van der Waals surface area contributed by atoms with Crippen LogP contribution in [0.1, 0.15) is 24.5 Å². The molecule has 1 amide bonds. The minimum atomic E-state index is -0.802. The second-order valence-corrected chi connectivity index (χ2v) is 5.37. The molecule has 1 atom stereocenters. The molecular formula is C13H16BrNO2. The van der Waals surface area contributed by atoms with Crippen molar-refractivity contribution in [2.24, 2.45) is 0 Å². The zero-order valence-corrected chi connectivity index (χ0v) is 11.4. The fraction of sp³-hybridized carbons (Fsp3) is 0.462. The largest absolute Gasteiger partial charge is 0.465 e. The van der Waals surface area contributed by atoms with Crippen molar-refractivity contribution in [3.63, 3.8) is 0 Å². The molecule has 0 saturated carbocycles. The van der Waals surface area contributed by atoms with E-state index in [1.54, 1.807) is 4.90 Å². The predicted octanol–water partition coefficient (Wildman–Crippen LogP) is 3.31. The first-order valence-corrected chi connectivity index (χ1v) is 6.68. The highest BCUT2D eigenvalue weighted by atomic mass is 79.9. The van der Waals surface area contributed by atoms with Crippen LogP contribution in [0.25, 0.3) is 0 Å². The van der Waals surface area contributed by atoms with E-state index in [0.717, 1.165) is 23.7 Å². The Kier molecular flexibility index (Phi) is 3.72. The Morgan fingerprint density at radius 2 is 2.18 bits per heavy atom. The van der Waals surface area contributed by atoms with E-state index in [1.807, 2.05) is 13.0 Å².